The van der Waals surface area contributed by atoms with Gasteiger partial charge in [0.1, 0.15) is 5.82 Å². The van der Waals surface area contributed by atoms with Crippen LogP contribution in [0.3, 0.4) is 0 Å². The van der Waals surface area contributed by atoms with E-state index in [1.165, 1.54) is 35.7 Å². The normalized spacial score (nSPS) is 13.3. The lowest BCUT2D eigenvalue weighted by atomic mass is 9.99. The topological polar surface area (TPSA) is 17.1 Å². The number of Topliss-reactive ketones (excluding diaryl/α,β-unsaturated/α-hetero) is 1. The minimum absolute atomic E-state index is 0.0760. The van der Waals surface area contributed by atoms with Gasteiger partial charge in [0, 0.05) is 12.0 Å². The predicted molar refractivity (Wildman–Crippen MR) is 77.9 cm³/mol. The van der Waals surface area contributed by atoms with Gasteiger partial charge in [-0.05, 0) is 54.2 Å². The van der Waals surface area contributed by atoms with Gasteiger partial charge in [0.2, 0.25) is 0 Å². The van der Waals surface area contributed by atoms with E-state index in [2.05, 4.69) is 12.1 Å². The summed E-state index contributed by atoms with van der Waals surface area (Å²) in [5.74, 6) is -0.503. The Kier molecular flexibility index (Phi) is 3.58. The Morgan fingerprint density at radius 1 is 1.10 bits per heavy atom. The molecule has 2 aromatic carbocycles. The minimum Gasteiger partial charge on any atom is -0.294 e. The first kappa shape index (κ1) is 13.3. The molecule has 0 saturated heterocycles. The highest BCUT2D eigenvalue weighted by Gasteiger charge is 2.15. The fourth-order valence-electron chi connectivity index (χ4n) is 2.73. The molecule has 1 nitrogen and oxygen atoms in total. The average molecular weight is 289 g/mol. The molecular weight excluding hydrogens is 275 g/mol. The van der Waals surface area contributed by atoms with Crippen LogP contribution in [0.15, 0.2) is 36.4 Å². The Morgan fingerprint density at radius 2 is 1.90 bits per heavy atom. The van der Waals surface area contributed by atoms with Crippen LogP contribution < -0.4 is 0 Å². The van der Waals surface area contributed by atoms with E-state index in [9.17, 15) is 9.18 Å². The summed E-state index contributed by atoms with van der Waals surface area (Å²) in [6.45, 7) is 0. The second-order valence-electron chi connectivity index (χ2n) is 5.18. The van der Waals surface area contributed by atoms with Crippen LogP contribution in [0.25, 0.3) is 0 Å². The van der Waals surface area contributed by atoms with Gasteiger partial charge in [-0.1, -0.05) is 29.8 Å². The van der Waals surface area contributed by atoms with E-state index in [1.54, 1.807) is 0 Å². The van der Waals surface area contributed by atoms with Crippen molar-refractivity contribution in [2.24, 2.45) is 0 Å². The first-order chi connectivity index (χ1) is 9.63. The van der Waals surface area contributed by atoms with E-state index in [0.29, 0.717) is 12.0 Å². The summed E-state index contributed by atoms with van der Waals surface area (Å²) in [6.07, 6.45) is 3.72. The number of carbonyl (C=O) groups excluding carboxylic acids is 1. The summed E-state index contributed by atoms with van der Waals surface area (Å²) < 4.78 is 13.0. The number of fused-ring (bicyclic) bond motifs is 1. The molecule has 0 saturated carbocycles. The lowest BCUT2D eigenvalue weighted by Crippen LogP contribution is -2.05. The molecule has 0 N–H and O–H groups in total. The Bertz CT molecular complexity index is 679. The summed E-state index contributed by atoms with van der Waals surface area (Å²) >= 11 is 5.92. The van der Waals surface area contributed by atoms with Crippen LogP contribution in [0.2, 0.25) is 5.02 Å². The molecule has 1 aliphatic carbocycles. The van der Waals surface area contributed by atoms with E-state index in [1.807, 2.05) is 6.07 Å². The first-order valence-electron chi connectivity index (χ1n) is 6.72. The molecule has 0 aromatic heterocycles. The second kappa shape index (κ2) is 5.37. The molecule has 0 spiro atoms. The molecule has 0 heterocycles. The Balaban J connectivity index is 1.82. The number of aryl methyl sites for hydroxylation is 2. The lowest BCUT2D eigenvalue weighted by molar-refractivity contribution is 0.0993. The first-order valence-corrected chi connectivity index (χ1v) is 7.10. The van der Waals surface area contributed by atoms with Gasteiger partial charge in [-0.25, -0.2) is 4.39 Å². The molecule has 2 aromatic rings. The van der Waals surface area contributed by atoms with Gasteiger partial charge in [-0.2, -0.15) is 0 Å². The molecule has 0 fully saturated rings. The van der Waals surface area contributed by atoms with Crippen LogP contribution in [0.4, 0.5) is 4.39 Å². The highest BCUT2D eigenvalue weighted by molar-refractivity contribution is 6.34. The third-order valence-corrected chi connectivity index (χ3v) is 4.07. The monoisotopic (exact) mass is 288 g/mol. The van der Waals surface area contributed by atoms with Gasteiger partial charge in [0.15, 0.2) is 5.78 Å². The van der Waals surface area contributed by atoms with Crippen LogP contribution in [0.1, 0.15) is 33.5 Å². The van der Waals surface area contributed by atoms with Gasteiger partial charge in [-0.15, -0.1) is 0 Å². The maximum Gasteiger partial charge on any atom is 0.168 e. The van der Waals surface area contributed by atoms with E-state index in [-0.39, 0.29) is 10.8 Å². The van der Waals surface area contributed by atoms with Crippen LogP contribution >= 0.6 is 11.6 Å². The molecular formula is C17H14ClFO. The van der Waals surface area contributed by atoms with Crippen molar-refractivity contribution >= 4 is 17.4 Å². The minimum atomic E-state index is -0.427. The van der Waals surface area contributed by atoms with Crippen molar-refractivity contribution < 1.29 is 9.18 Å². The summed E-state index contributed by atoms with van der Waals surface area (Å²) in [6, 6.07) is 10.1. The average Bonchev–Trinajstić information content (AvgIpc) is 2.85. The molecule has 0 atom stereocenters. The van der Waals surface area contributed by atoms with E-state index < -0.39 is 5.82 Å². The summed E-state index contributed by atoms with van der Waals surface area (Å²) in [7, 11) is 0. The largest absolute Gasteiger partial charge is 0.294 e. The number of hydrogen-bond acceptors (Lipinski definition) is 1. The van der Waals surface area contributed by atoms with Gasteiger partial charge in [-0.3, -0.25) is 4.79 Å². The van der Waals surface area contributed by atoms with Gasteiger partial charge in [0.05, 0.1) is 5.02 Å². The van der Waals surface area contributed by atoms with Gasteiger partial charge < -0.3 is 0 Å². The third-order valence-electron chi connectivity index (χ3n) is 3.76. The molecule has 20 heavy (non-hydrogen) atoms. The molecule has 0 amide bonds. The summed E-state index contributed by atoms with van der Waals surface area (Å²) in [5, 5.41) is 0.177. The number of carbonyl (C=O) groups is 1. The Morgan fingerprint density at radius 3 is 2.70 bits per heavy atom. The zero-order chi connectivity index (χ0) is 14.1. The highest BCUT2D eigenvalue weighted by atomic mass is 35.5. The van der Waals surface area contributed by atoms with Crippen molar-refractivity contribution in [2.75, 3.05) is 0 Å². The van der Waals surface area contributed by atoms with Crippen LogP contribution in [0, 0.1) is 5.82 Å². The fourth-order valence-corrected chi connectivity index (χ4v) is 3.00. The van der Waals surface area contributed by atoms with Crippen molar-refractivity contribution in [3.8, 4) is 0 Å². The van der Waals surface area contributed by atoms with Crippen LogP contribution in [-0.4, -0.2) is 5.78 Å². The van der Waals surface area contributed by atoms with Crippen molar-refractivity contribution in [1.82, 2.24) is 0 Å². The molecule has 0 radical (unpaired) electrons. The van der Waals surface area contributed by atoms with Crippen molar-refractivity contribution in [2.45, 2.75) is 25.7 Å². The van der Waals surface area contributed by atoms with Crippen LogP contribution in [-0.2, 0) is 19.3 Å². The van der Waals surface area contributed by atoms with E-state index >= 15 is 0 Å². The SMILES string of the molecule is O=C(Cc1ccc2c(c1)CCC2)c1ccc(F)cc1Cl. The highest BCUT2D eigenvalue weighted by Crippen LogP contribution is 2.24. The Labute approximate surface area is 122 Å². The maximum atomic E-state index is 13.0. The molecule has 1 aliphatic rings. The lowest BCUT2D eigenvalue weighted by Gasteiger charge is -2.06. The van der Waals surface area contributed by atoms with Crippen molar-refractivity contribution in [3.63, 3.8) is 0 Å². The molecule has 0 bridgehead atoms. The predicted octanol–water partition coefficient (Wildman–Crippen LogP) is 4.39. The maximum absolute atomic E-state index is 13.0. The quantitative estimate of drug-likeness (QED) is 0.766. The van der Waals surface area contributed by atoms with Crippen molar-refractivity contribution in [1.29, 1.82) is 0 Å². The van der Waals surface area contributed by atoms with Crippen molar-refractivity contribution in [3.05, 3.63) is 69.5 Å². The number of halogens is 2. The van der Waals surface area contributed by atoms with E-state index in [4.69, 9.17) is 11.6 Å². The number of benzene rings is 2. The second-order valence-corrected chi connectivity index (χ2v) is 5.59. The van der Waals surface area contributed by atoms with E-state index in [0.717, 1.165) is 18.4 Å². The third kappa shape index (κ3) is 2.61. The standard InChI is InChI=1S/C17H14ClFO/c18-16-10-14(19)6-7-15(16)17(20)9-11-4-5-12-2-1-3-13(12)8-11/h4-8,10H,1-3,9H2. The number of rotatable bonds is 3. The number of ketones is 1. The molecule has 3 rings (SSSR count). The summed E-state index contributed by atoms with van der Waals surface area (Å²) in [4.78, 5) is 12.2. The Hall–Kier alpha value is -1.67. The summed E-state index contributed by atoms with van der Waals surface area (Å²) in [5.41, 5.74) is 4.12. The fraction of sp³-hybridized carbons (Fsp3) is 0.235. The van der Waals surface area contributed by atoms with Gasteiger partial charge in [0.25, 0.3) is 0 Å². The molecule has 0 aliphatic heterocycles. The smallest absolute Gasteiger partial charge is 0.168 e. The zero-order valence-electron chi connectivity index (χ0n) is 11.0. The number of hydrogen-bond donors (Lipinski definition) is 0. The van der Waals surface area contributed by atoms with Gasteiger partial charge >= 0.3 is 0 Å². The molecule has 102 valence electrons. The zero-order valence-corrected chi connectivity index (χ0v) is 11.7. The molecule has 0 unspecified atom stereocenters. The molecule has 3 heteroatoms. The van der Waals surface area contributed by atoms with Crippen LogP contribution in [0.5, 0.6) is 0 Å².